The van der Waals surface area contributed by atoms with Gasteiger partial charge in [-0.1, -0.05) is 37.3 Å². The summed E-state index contributed by atoms with van der Waals surface area (Å²) in [4.78, 5) is 14.4. The summed E-state index contributed by atoms with van der Waals surface area (Å²) in [6.07, 6.45) is -3.67. The van der Waals surface area contributed by atoms with Gasteiger partial charge in [0.25, 0.3) is 0 Å². The summed E-state index contributed by atoms with van der Waals surface area (Å²) in [6.45, 7) is 5.55. The largest absolute Gasteiger partial charge is 0.463 e. The van der Waals surface area contributed by atoms with Crippen LogP contribution < -0.4 is 0 Å². The highest BCUT2D eigenvalue weighted by Gasteiger charge is 2.36. The number of carbonyl (C=O) groups is 1. The van der Waals surface area contributed by atoms with E-state index < -0.39 is 34.2 Å². The van der Waals surface area contributed by atoms with E-state index >= 15 is 0 Å². The van der Waals surface area contributed by atoms with Crippen molar-refractivity contribution in [3.8, 4) is 21.3 Å². The fraction of sp³-hybridized carbons (Fsp3) is 0.429. The number of nitrogens with zero attached hydrogens (tertiary/aromatic N) is 5. The molecule has 0 saturated heterocycles. The fourth-order valence-electron chi connectivity index (χ4n) is 3.15. The van der Waals surface area contributed by atoms with Crippen LogP contribution in [0.15, 0.2) is 35.2 Å². The number of hydrogen-bond donors (Lipinski definition) is 0. The van der Waals surface area contributed by atoms with E-state index in [4.69, 9.17) is 4.74 Å². The van der Waals surface area contributed by atoms with Gasteiger partial charge < -0.3 is 9.64 Å². The molecule has 0 aliphatic rings. The van der Waals surface area contributed by atoms with Gasteiger partial charge in [0, 0.05) is 18.4 Å². The first-order valence-corrected chi connectivity index (χ1v) is 13.3. The van der Waals surface area contributed by atoms with Gasteiger partial charge in [-0.05, 0) is 31.3 Å². The number of likely N-dealkylation sites (N-methyl/N-ethyl adjacent to an activating group) is 1. The van der Waals surface area contributed by atoms with Crippen molar-refractivity contribution in [2.75, 3.05) is 32.5 Å². The van der Waals surface area contributed by atoms with Crippen molar-refractivity contribution in [1.29, 1.82) is 0 Å². The van der Waals surface area contributed by atoms with E-state index in [1.165, 1.54) is 18.2 Å². The summed E-state index contributed by atoms with van der Waals surface area (Å²) < 4.78 is 69.8. The van der Waals surface area contributed by atoms with Gasteiger partial charge in [0.05, 0.1) is 4.90 Å². The van der Waals surface area contributed by atoms with Crippen LogP contribution in [0.4, 0.5) is 13.2 Å². The molecule has 35 heavy (non-hydrogen) atoms. The molecule has 9 nitrogen and oxygen atoms in total. The first-order chi connectivity index (χ1) is 16.4. The zero-order chi connectivity index (χ0) is 25.8. The van der Waals surface area contributed by atoms with Crippen LogP contribution in [0.2, 0.25) is 0 Å². The molecule has 3 aromatic rings. The number of esters is 1. The molecule has 0 unspecified atom stereocenters. The molecule has 0 fully saturated rings. The van der Waals surface area contributed by atoms with E-state index in [1.54, 1.807) is 6.07 Å². The van der Waals surface area contributed by atoms with E-state index in [0.29, 0.717) is 17.1 Å². The number of carbonyl (C=O) groups excluding carboxylic acids is 1. The van der Waals surface area contributed by atoms with Crippen molar-refractivity contribution in [3.63, 3.8) is 0 Å². The van der Waals surface area contributed by atoms with Crippen LogP contribution in [0, 0.1) is 0 Å². The lowest BCUT2D eigenvalue weighted by Gasteiger charge is -2.17. The topological polar surface area (TPSA) is 107 Å². The predicted molar refractivity (Wildman–Crippen MR) is 123 cm³/mol. The number of ether oxygens (including phenoxy) is 1. The summed E-state index contributed by atoms with van der Waals surface area (Å²) in [5, 5.41) is 11.9. The van der Waals surface area contributed by atoms with Crippen molar-refractivity contribution >= 4 is 27.1 Å². The standard InChI is InChI=1S/C21H24F3N5O4S2/c1-4-28(5-2)9-10-33-18(30)13-29-16(12-17(27-29)21(22,23)24)20-26-25-19(34-20)14-7-6-8-15(11-14)35(3,31)32/h6-8,11-12H,4-5,9-10,13H2,1-3H3. The van der Waals surface area contributed by atoms with Gasteiger partial charge >= 0.3 is 12.1 Å². The van der Waals surface area contributed by atoms with Crippen LogP contribution in [0.25, 0.3) is 21.3 Å². The number of halogens is 3. The molecule has 1 aromatic carbocycles. The molecule has 0 N–H and O–H groups in total. The minimum Gasteiger partial charge on any atom is -0.463 e. The average Bonchev–Trinajstić information content (AvgIpc) is 3.43. The zero-order valence-corrected chi connectivity index (χ0v) is 20.9. The maximum absolute atomic E-state index is 13.3. The molecule has 0 spiro atoms. The molecule has 0 aliphatic carbocycles. The lowest BCUT2D eigenvalue weighted by atomic mass is 10.2. The number of sulfone groups is 1. The summed E-state index contributed by atoms with van der Waals surface area (Å²) in [5.41, 5.74) is -0.796. The number of rotatable bonds is 10. The van der Waals surface area contributed by atoms with Gasteiger partial charge in [0.1, 0.15) is 23.9 Å². The minimum atomic E-state index is -4.73. The molecular weight excluding hydrogens is 507 g/mol. The Kier molecular flexibility index (Phi) is 8.28. The molecule has 0 amide bonds. The Labute approximate surface area is 204 Å². The molecule has 0 bridgehead atoms. The van der Waals surface area contributed by atoms with E-state index in [9.17, 15) is 26.4 Å². The fourth-order valence-corrected chi connectivity index (χ4v) is 4.67. The summed E-state index contributed by atoms with van der Waals surface area (Å²) in [6, 6.07) is 6.78. The van der Waals surface area contributed by atoms with E-state index in [2.05, 4.69) is 15.3 Å². The van der Waals surface area contributed by atoms with Crippen molar-refractivity contribution in [2.24, 2.45) is 0 Å². The van der Waals surface area contributed by atoms with Gasteiger partial charge in [-0.15, -0.1) is 10.2 Å². The highest BCUT2D eigenvalue weighted by atomic mass is 32.2. The number of hydrogen-bond acceptors (Lipinski definition) is 9. The van der Waals surface area contributed by atoms with Crippen LogP contribution in [0.3, 0.4) is 0 Å². The molecule has 0 saturated carbocycles. The minimum absolute atomic E-state index is 0.0546. The Morgan fingerprint density at radius 2 is 1.83 bits per heavy atom. The maximum Gasteiger partial charge on any atom is 0.435 e. The Morgan fingerprint density at radius 1 is 1.14 bits per heavy atom. The normalized spacial score (nSPS) is 12.3. The maximum atomic E-state index is 13.3. The SMILES string of the molecule is CCN(CC)CCOC(=O)Cn1nc(C(F)(F)F)cc1-c1nnc(-c2cccc(S(C)(=O)=O)c2)s1. The molecule has 2 aromatic heterocycles. The van der Waals surface area contributed by atoms with Gasteiger partial charge in [-0.3, -0.25) is 9.48 Å². The molecule has 0 aliphatic heterocycles. The second kappa shape index (κ2) is 10.8. The Bertz CT molecular complexity index is 1280. The van der Waals surface area contributed by atoms with Gasteiger partial charge in [0.2, 0.25) is 0 Å². The third-order valence-corrected chi connectivity index (χ3v) is 7.17. The Hall–Kier alpha value is -2.84. The van der Waals surface area contributed by atoms with E-state index in [1.807, 2.05) is 18.7 Å². The third kappa shape index (κ3) is 6.86. The van der Waals surface area contributed by atoms with Crippen molar-refractivity contribution < 1.29 is 31.1 Å². The van der Waals surface area contributed by atoms with Gasteiger partial charge in [-0.25, -0.2) is 8.42 Å². The second-order valence-corrected chi connectivity index (χ2v) is 10.5. The highest BCUT2D eigenvalue weighted by molar-refractivity contribution is 7.90. The number of alkyl halides is 3. The summed E-state index contributed by atoms with van der Waals surface area (Å²) in [7, 11) is -3.47. The summed E-state index contributed by atoms with van der Waals surface area (Å²) >= 11 is 0.947. The van der Waals surface area contributed by atoms with Crippen molar-refractivity contribution in [2.45, 2.75) is 31.5 Å². The van der Waals surface area contributed by atoms with Crippen molar-refractivity contribution in [3.05, 3.63) is 36.0 Å². The molecule has 14 heteroatoms. The third-order valence-electron chi connectivity index (χ3n) is 5.07. The average molecular weight is 532 g/mol. The quantitative estimate of drug-likeness (QED) is 0.367. The smallest absolute Gasteiger partial charge is 0.435 e. The van der Waals surface area contributed by atoms with Crippen LogP contribution in [0.5, 0.6) is 0 Å². The van der Waals surface area contributed by atoms with E-state index in [-0.39, 0.29) is 22.2 Å². The first kappa shape index (κ1) is 26.8. The zero-order valence-electron chi connectivity index (χ0n) is 19.2. The Morgan fingerprint density at radius 3 is 2.46 bits per heavy atom. The van der Waals surface area contributed by atoms with Crippen LogP contribution in [-0.2, 0) is 32.1 Å². The summed E-state index contributed by atoms with van der Waals surface area (Å²) in [5.74, 6) is -0.735. The van der Waals surface area contributed by atoms with Gasteiger partial charge in [0.15, 0.2) is 20.5 Å². The molecule has 2 heterocycles. The lowest BCUT2D eigenvalue weighted by molar-refractivity contribution is -0.146. The molecular formula is C21H24F3N5O4S2. The second-order valence-electron chi connectivity index (χ2n) is 7.53. The number of aromatic nitrogens is 4. The van der Waals surface area contributed by atoms with Gasteiger partial charge in [-0.2, -0.15) is 18.3 Å². The molecule has 190 valence electrons. The van der Waals surface area contributed by atoms with Crippen LogP contribution in [0.1, 0.15) is 19.5 Å². The van der Waals surface area contributed by atoms with Crippen molar-refractivity contribution in [1.82, 2.24) is 24.9 Å². The monoisotopic (exact) mass is 531 g/mol. The predicted octanol–water partition coefficient (Wildman–Crippen LogP) is 3.38. The molecule has 0 radical (unpaired) electrons. The molecule has 3 rings (SSSR count). The van der Waals surface area contributed by atoms with Crippen LogP contribution >= 0.6 is 11.3 Å². The van der Waals surface area contributed by atoms with Crippen LogP contribution in [-0.4, -0.2) is 71.8 Å². The highest BCUT2D eigenvalue weighted by Crippen LogP contribution is 2.35. The first-order valence-electron chi connectivity index (χ1n) is 10.6. The lowest BCUT2D eigenvalue weighted by Crippen LogP contribution is -2.28. The number of benzene rings is 1. The Balaban J connectivity index is 1.86. The molecule has 0 atom stereocenters. The van der Waals surface area contributed by atoms with E-state index in [0.717, 1.165) is 41.4 Å².